The molecule has 0 radical (unpaired) electrons. The first-order valence-corrected chi connectivity index (χ1v) is 11.7. The minimum atomic E-state index is -0.388. The summed E-state index contributed by atoms with van der Waals surface area (Å²) >= 11 is 3.24. The summed E-state index contributed by atoms with van der Waals surface area (Å²) < 4.78 is 11.0. The lowest BCUT2D eigenvalue weighted by Gasteiger charge is -2.28. The first-order valence-electron chi connectivity index (χ1n) is 10.1. The summed E-state index contributed by atoms with van der Waals surface area (Å²) in [5.74, 6) is 0.958. The number of hydrogen-bond donors (Lipinski definition) is 0. The van der Waals surface area contributed by atoms with Crippen LogP contribution in [0.3, 0.4) is 0 Å². The monoisotopic (exact) mass is 459 g/mol. The molecule has 4 heterocycles. The SMILES string of the molecule is O=[N+]([O-])c1ccc(-c2cnc(-c3sc(N4CCOCC4)nc3N3CCOCC3)s2)cc1. The predicted octanol–water partition coefficient (Wildman–Crippen LogP) is 3.52. The Labute approximate surface area is 187 Å². The van der Waals surface area contributed by atoms with Crippen LogP contribution in [0.2, 0.25) is 0 Å². The van der Waals surface area contributed by atoms with Gasteiger partial charge in [-0.15, -0.1) is 11.3 Å². The molecule has 2 saturated heterocycles. The number of nitro groups is 1. The van der Waals surface area contributed by atoms with E-state index in [0.717, 1.165) is 57.5 Å². The summed E-state index contributed by atoms with van der Waals surface area (Å²) in [6.45, 7) is 6.08. The summed E-state index contributed by atoms with van der Waals surface area (Å²) in [6, 6.07) is 6.59. The van der Waals surface area contributed by atoms with Gasteiger partial charge in [-0.05, 0) is 17.7 Å². The smallest absolute Gasteiger partial charge is 0.269 e. The largest absolute Gasteiger partial charge is 0.378 e. The molecule has 0 atom stereocenters. The Morgan fingerprint density at radius 2 is 1.58 bits per heavy atom. The van der Waals surface area contributed by atoms with E-state index in [9.17, 15) is 10.1 Å². The predicted molar refractivity (Wildman–Crippen MR) is 121 cm³/mol. The number of rotatable bonds is 5. The molecule has 11 heteroatoms. The molecule has 0 saturated carbocycles. The average Bonchev–Trinajstić information content (AvgIpc) is 3.48. The van der Waals surface area contributed by atoms with E-state index in [1.54, 1.807) is 34.8 Å². The van der Waals surface area contributed by atoms with Gasteiger partial charge in [0.2, 0.25) is 0 Å². The summed E-state index contributed by atoms with van der Waals surface area (Å²) in [5.41, 5.74) is 1.00. The quantitative estimate of drug-likeness (QED) is 0.423. The maximum atomic E-state index is 10.9. The Hall–Kier alpha value is -2.60. The third kappa shape index (κ3) is 4.26. The molecular formula is C20H21N5O4S2. The number of non-ortho nitro benzene ring substituents is 1. The van der Waals surface area contributed by atoms with Crippen molar-refractivity contribution in [1.82, 2.24) is 9.97 Å². The number of nitro benzene ring substituents is 1. The molecule has 162 valence electrons. The summed E-state index contributed by atoms with van der Waals surface area (Å²) in [4.78, 5) is 26.8. The molecule has 3 aromatic rings. The van der Waals surface area contributed by atoms with Crippen LogP contribution in [0.15, 0.2) is 30.5 Å². The lowest BCUT2D eigenvalue weighted by Crippen LogP contribution is -2.37. The zero-order valence-corrected chi connectivity index (χ0v) is 18.4. The molecule has 0 N–H and O–H groups in total. The van der Waals surface area contributed by atoms with E-state index >= 15 is 0 Å². The normalized spacial score (nSPS) is 17.2. The lowest BCUT2D eigenvalue weighted by molar-refractivity contribution is -0.384. The van der Waals surface area contributed by atoms with E-state index in [1.807, 2.05) is 6.20 Å². The summed E-state index contributed by atoms with van der Waals surface area (Å²) in [7, 11) is 0. The van der Waals surface area contributed by atoms with E-state index < -0.39 is 0 Å². The maximum absolute atomic E-state index is 10.9. The van der Waals surface area contributed by atoms with Gasteiger partial charge in [-0.1, -0.05) is 11.3 Å². The number of ether oxygens (including phenoxy) is 2. The van der Waals surface area contributed by atoms with E-state index in [-0.39, 0.29) is 10.6 Å². The van der Waals surface area contributed by atoms with Crippen LogP contribution in [0.25, 0.3) is 20.3 Å². The number of thiazole rings is 2. The molecule has 31 heavy (non-hydrogen) atoms. The van der Waals surface area contributed by atoms with Crippen LogP contribution in [0.1, 0.15) is 0 Å². The van der Waals surface area contributed by atoms with Crippen molar-refractivity contribution in [3.63, 3.8) is 0 Å². The fourth-order valence-electron chi connectivity index (χ4n) is 3.58. The highest BCUT2D eigenvalue weighted by Crippen LogP contribution is 2.43. The van der Waals surface area contributed by atoms with Gasteiger partial charge in [0.05, 0.1) is 36.2 Å². The van der Waals surface area contributed by atoms with E-state index in [0.29, 0.717) is 26.4 Å². The van der Waals surface area contributed by atoms with Gasteiger partial charge >= 0.3 is 0 Å². The van der Waals surface area contributed by atoms with Crippen molar-refractivity contribution in [2.24, 2.45) is 0 Å². The highest BCUT2D eigenvalue weighted by atomic mass is 32.1. The van der Waals surface area contributed by atoms with Gasteiger partial charge in [-0.25, -0.2) is 9.97 Å². The molecule has 2 aliphatic heterocycles. The first-order chi connectivity index (χ1) is 15.2. The fraction of sp³-hybridized carbons (Fsp3) is 0.400. The molecule has 0 amide bonds. The van der Waals surface area contributed by atoms with Gasteiger partial charge in [0.25, 0.3) is 5.69 Å². The third-order valence-electron chi connectivity index (χ3n) is 5.25. The van der Waals surface area contributed by atoms with Crippen molar-refractivity contribution in [2.45, 2.75) is 0 Å². The maximum Gasteiger partial charge on any atom is 0.269 e. The van der Waals surface area contributed by atoms with Crippen LogP contribution in [-0.4, -0.2) is 67.5 Å². The minimum absolute atomic E-state index is 0.0840. The van der Waals surface area contributed by atoms with Crippen molar-refractivity contribution < 1.29 is 14.4 Å². The summed E-state index contributed by atoms with van der Waals surface area (Å²) in [5, 5.41) is 12.8. The van der Waals surface area contributed by atoms with Crippen molar-refractivity contribution in [2.75, 3.05) is 62.4 Å². The molecule has 0 bridgehead atoms. The minimum Gasteiger partial charge on any atom is -0.378 e. The second-order valence-corrected chi connectivity index (χ2v) is 9.19. The number of anilines is 2. The molecule has 2 fully saturated rings. The van der Waals surface area contributed by atoms with E-state index in [1.165, 1.54) is 12.1 Å². The van der Waals surface area contributed by atoms with Gasteiger partial charge < -0.3 is 19.3 Å². The second kappa shape index (κ2) is 8.87. The van der Waals surface area contributed by atoms with Crippen LogP contribution in [-0.2, 0) is 9.47 Å². The van der Waals surface area contributed by atoms with Crippen molar-refractivity contribution in [1.29, 1.82) is 0 Å². The Bertz CT molecular complexity index is 1060. The number of benzene rings is 1. The number of hydrogen-bond acceptors (Lipinski definition) is 10. The zero-order chi connectivity index (χ0) is 21.2. The van der Waals surface area contributed by atoms with Crippen LogP contribution in [0.4, 0.5) is 16.6 Å². The molecule has 0 unspecified atom stereocenters. The molecule has 2 aliphatic rings. The van der Waals surface area contributed by atoms with Gasteiger partial charge in [-0.3, -0.25) is 10.1 Å². The highest BCUT2D eigenvalue weighted by Gasteiger charge is 2.26. The Kier molecular flexibility index (Phi) is 5.81. The molecule has 9 nitrogen and oxygen atoms in total. The number of morpholine rings is 2. The average molecular weight is 460 g/mol. The van der Waals surface area contributed by atoms with Gasteiger partial charge in [0.15, 0.2) is 10.9 Å². The highest BCUT2D eigenvalue weighted by molar-refractivity contribution is 7.25. The Balaban J connectivity index is 1.48. The standard InChI is InChI=1S/C20H21N5O4S2/c26-25(27)15-3-1-14(2-4-15)16-13-21-19(30-16)17-18(23-5-9-28-10-6-23)22-20(31-17)24-7-11-29-12-8-24/h1-4,13H,5-12H2. The zero-order valence-electron chi connectivity index (χ0n) is 16.7. The van der Waals surface area contributed by atoms with Crippen LogP contribution < -0.4 is 9.80 Å². The van der Waals surface area contributed by atoms with Crippen LogP contribution in [0, 0.1) is 10.1 Å². The van der Waals surface area contributed by atoms with E-state index in [4.69, 9.17) is 14.5 Å². The van der Waals surface area contributed by atoms with E-state index in [2.05, 4.69) is 14.8 Å². The second-order valence-electron chi connectivity index (χ2n) is 7.18. The first kappa shape index (κ1) is 20.3. The number of aromatic nitrogens is 2. The van der Waals surface area contributed by atoms with Crippen LogP contribution in [0.5, 0.6) is 0 Å². The van der Waals surface area contributed by atoms with Crippen LogP contribution >= 0.6 is 22.7 Å². The summed E-state index contributed by atoms with van der Waals surface area (Å²) in [6.07, 6.45) is 1.83. The Morgan fingerprint density at radius 1 is 0.935 bits per heavy atom. The third-order valence-corrected chi connectivity index (χ3v) is 7.56. The molecule has 1 aromatic carbocycles. The molecule has 5 rings (SSSR count). The topological polar surface area (TPSA) is 93.9 Å². The molecule has 0 aliphatic carbocycles. The van der Waals surface area contributed by atoms with Gasteiger partial charge in [0.1, 0.15) is 9.88 Å². The van der Waals surface area contributed by atoms with Crippen molar-refractivity contribution in [3.8, 4) is 20.3 Å². The van der Waals surface area contributed by atoms with Gasteiger partial charge in [0, 0.05) is 44.5 Å². The van der Waals surface area contributed by atoms with Crippen molar-refractivity contribution in [3.05, 3.63) is 40.6 Å². The molecule has 0 spiro atoms. The fourth-order valence-corrected chi connectivity index (χ4v) is 5.72. The Morgan fingerprint density at radius 3 is 2.23 bits per heavy atom. The molecular weight excluding hydrogens is 438 g/mol. The van der Waals surface area contributed by atoms with Gasteiger partial charge in [-0.2, -0.15) is 0 Å². The number of nitrogens with zero attached hydrogens (tertiary/aromatic N) is 5. The van der Waals surface area contributed by atoms with Crippen molar-refractivity contribution >= 4 is 39.3 Å². The lowest BCUT2D eigenvalue weighted by atomic mass is 10.2. The molecule has 2 aromatic heterocycles.